The van der Waals surface area contributed by atoms with E-state index in [1.807, 2.05) is 18.2 Å². The topological polar surface area (TPSA) is 29.1 Å². The molecule has 1 atom stereocenters. The Balaban J connectivity index is 1.96. The number of benzene rings is 2. The number of amides is 1. The fourth-order valence-corrected chi connectivity index (χ4v) is 2.21. The van der Waals surface area contributed by atoms with E-state index in [1.54, 1.807) is 0 Å². The maximum Gasteiger partial charge on any atom is 0.224 e. The van der Waals surface area contributed by atoms with Gasteiger partial charge in [-0.2, -0.15) is 0 Å². The Hall–Kier alpha value is -1.35. The van der Waals surface area contributed by atoms with Crippen LogP contribution in [0.15, 0.2) is 42.5 Å². The zero-order chi connectivity index (χ0) is 14.5. The number of alkyl halides is 1. The Labute approximate surface area is 128 Å². The van der Waals surface area contributed by atoms with Gasteiger partial charge >= 0.3 is 0 Å². The molecule has 0 aliphatic rings. The molecule has 1 unspecified atom stereocenters. The number of nitrogens with one attached hydrogen (secondary N) is 1. The lowest BCUT2D eigenvalue weighted by molar-refractivity contribution is -0.120. The van der Waals surface area contributed by atoms with E-state index in [4.69, 9.17) is 0 Å². The number of carbonyl (C=O) groups excluding carboxylic acids is 1. The summed E-state index contributed by atoms with van der Waals surface area (Å²) in [5.41, 5.74) is 1.05. The Kier molecular flexibility index (Phi) is 5.18. The quantitative estimate of drug-likeness (QED) is 0.825. The summed E-state index contributed by atoms with van der Waals surface area (Å²) in [7, 11) is 0. The first-order chi connectivity index (χ1) is 9.56. The van der Waals surface area contributed by atoms with Crippen molar-refractivity contribution in [3.8, 4) is 0 Å². The highest BCUT2D eigenvalue weighted by atomic mass is 79.9. The Morgan fingerprint density at radius 2 is 1.85 bits per heavy atom. The van der Waals surface area contributed by atoms with Crippen molar-refractivity contribution in [2.75, 3.05) is 6.54 Å². The molecule has 106 valence electrons. The van der Waals surface area contributed by atoms with Gasteiger partial charge in [-0.15, -0.1) is 0 Å². The lowest BCUT2D eigenvalue weighted by atomic mass is 10.0. The number of halogens is 1. The minimum absolute atomic E-state index is 0.0744. The largest absolute Gasteiger partial charge is 0.355 e. The van der Waals surface area contributed by atoms with Crippen LogP contribution in [0.5, 0.6) is 0 Å². The molecule has 1 amide bonds. The molecule has 0 spiro atoms. The Morgan fingerprint density at radius 1 is 1.15 bits per heavy atom. The molecule has 0 aromatic heterocycles. The van der Waals surface area contributed by atoms with Crippen molar-refractivity contribution in [2.24, 2.45) is 5.92 Å². The van der Waals surface area contributed by atoms with Gasteiger partial charge in [-0.25, -0.2) is 0 Å². The average Bonchev–Trinajstić information content (AvgIpc) is 2.44. The molecule has 0 saturated carbocycles. The van der Waals surface area contributed by atoms with Gasteiger partial charge in [0.15, 0.2) is 0 Å². The molecule has 0 aliphatic heterocycles. The summed E-state index contributed by atoms with van der Waals surface area (Å²) in [5, 5.41) is 5.36. The molecule has 3 heteroatoms. The number of hydrogen-bond acceptors (Lipinski definition) is 1. The molecule has 0 fully saturated rings. The van der Waals surface area contributed by atoms with Crippen LogP contribution >= 0.6 is 15.9 Å². The number of fused-ring (bicyclic) bond motifs is 1. The van der Waals surface area contributed by atoms with Crippen LogP contribution in [0.25, 0.3) is 10.8 Å². The molecule has 0 bridgehead atoms. The van der Waals surface area contributed by atoms with E-state index in [0.29, 0.717) is 23.7 Å². The highest BCUT2D eigenvalue weighted by molar-refractivity contribution is 9.09. The smallest absolute Gasteiger partial charge is 0.224 e. The third kappa shape index (κ3) is 4.07. The molecule has 1 N–H and O–H groups in total. The van der Waals surface area contributed by atoms with Crippen LogP contribution < -0.4 is 5.32 Å². The van der Waals surface area contributed by atoms with Crippen LogP contribution in [0.4, 0.5) is 0 Å². The monoisotopic (exact) mass is 333 g/mol. The third-order valence-electron chi connectivity index (χ3n) is 3.40. The van der Waals surface area contributed by atoms with Crippen LogP contribution in [0.2, 0.25) is 0 Å². The Bertz CT molecular complexity index is 594. The van der Waals surface area contributed by atoms with Gasteiger partial charge in [-0.05, 0) is 22.3 Å². The summed E-state index contributed by atoms with van der Waals surface area (Å²) in [6.45, 7) is 4.94. The van der Waals surface area contributed by atoms with Crippen molar-refractivity contribution in [3.63, 3.8) is 0 Å². The first kappa shape index (κ1) is 15.0. The third-order valence-corrected chi connectivity index (χ3v) is 4.78. The van der Waals surface area contributed by atoms with Gasteiger partial charge in [0.25, 0.3) is 0 Å². The fourth-order valence-electron chi connectivity index (χ4n) is 2.04. The van der Waals surface area contributed by atoms with Gasteiger partial charge in [0.2, 0.25) is 5.91 Å². The zero-order valence-electron chi connectivity index (χ0n) is 11.9. The van der Waals surface area contributed by atoms with E-state index in [1.165, 1.54) is 10.8 Å². The zero-order valence-corrected chi connectivity index (χ0v) is 13.5. The van der Waals surface area contributed by atoms with Crippen molar-refractivity contribution >= 4 is 32.6 Å². The summed E-state index contributed by atoms with van der Waals surface area (Å²) in [4.78, 5) is 12.3. The highest BCUT2D eigenvalue weighted by Gasteiger charge is 2.11. The van der Waals surface area contributed by atoms with E-state index >= 15 is 0 Å². The van der Waals surface area contributed by atoms with Gasteiger partial charge in [0.1, 0.15) is 0 Å². The van der Waals surface area contributed by atoms with Crippen molar-refractivity contribution in [1.82, 2.24) is 5.32 Å². The predicted molar refractivity (Wildman–Crippen MR) is 88.2 cm³/mol. The second kappa shape index (κ2) is 6.89. The average molecular weight is 334 g/mol. The highest BCUT2D eigenvalue weighted by Crippen LogP contribution is 2.16. The van der Waals surface area contributed by atoms with E-state index in [-0.39, 0.29) is 5.91 Å². The van der Waals surface area contributed by atoms with Gasteiger partial charge in [-0.3, -0.25) is 4.79 Å². The SMILES string of the molecule is CC(C)C(Br)CNC(=O)Cc1ccc2ccccc2c1. The van der Waals surface area contributed by atoms with Gasteiger partial charge in [-0.1, -0.05) is 72.2 Å². The van der Waals surface area contributed by atoms with Gasteiger partial charge in [0.05, 0.1) is 6.42 Å². The number of rotatable bonds is 5. The molecular weight excluding hydrogens is 314 g/mol. The maximum atomic E-state index is 11.9. The lowest BCUT2D eigenvalue weighted by Crippen LogP contribution is -2.32. The van der Waals surface area contributed by atoms with Crippen molar-refractivity contribution < 1.29 is 4.79 Å². The number of carbonyl (C=O) groups is 1. The van der Waals surface area contributed by atoms with Crippen LogP contribution in [0, 0.1) is 5.92 Å². The normalized spacial score (nSPS) is 12.6. The molecule has 0 heterocycles. The molecule has 0 aliphatic carbocycles. The molecule has 0 radical (unpaired) electrons. The number of hydrogen-bond donors (Lipinski definition) is 1. The van der Waals surface area contributed by atoms with Crippen LogP contribution in [0.1, 0.15) is 19.4 Å². The van der Waals surface area contributed by atoms with E-state index in [9.17, 15) is 4.79 Å². The molecule has 2 nitrogen and oxygen atoms in total. The lowest BCUT2D eigenvalue weighted by Gasteiger charge is -2.14. The van der Waals surface area contributed by atoms with Crippen molar-refractivity contribution in [2.45, 2.75) is 25.1 Å². The van der Waals surface area contributed by atoms with E-state index in [2.05, 4.69) is 59.4 Å². The summed E-state index contributed by atoms with van der Waals surface area (Å²) < 4.78 is 0. The minimum atomic E-state index is 0.0744. The maximum absolute atomic E-state index is 11.9. The summed E-state index contributed by atoms with van der Waals surface area (Å²) in [5.74, 6) is 0.585. The standard InChI is InChI=1S/C17H20BrNO/c1-12(2)16(18)11-19-17(20)10-13-7-8-14-5-3-4-6-15(14)9-13/h3-9,12,16H,10-11H2,1-2H3,(H,19,20). The second-order valence-electron chi connectivity index (χ2n) is 5.42. The van der Waals surface area contributed by atoms with Gasteiger partial charge in [0, 0.05) is 11.4 Å². The first-order valence-electron chi connectivity index (χ1n) is 6.94. The minimum Gasteiger partial charge on any atom is -0.355 e. The predicted octanol–water partition coefficient (Wildman–Crippen LogP) is 3.92. The molecule has 2 aromatic carbocycles. The van der Waals surface area contributed by atoms with Crippen LogP contribution in [0.3, 0.4) is 0 Å². The molecule has 2 rings (SSSR count). The molecule has 0 saturated heterocycles. The van der Waals surface area contributed by atoms with Crippen molar-refractivity contribution in [1.29, 1.82) is 0 Å². The second-order valence-corrected chi connectivity index (χ2v) is 6.60. The Morgan fingerprint density at radius 3 is 2.55 bits per heavy atom. The van der Waals surface area contributed by atoms with Crippen molar-refractivity contribution in [3.05, 3.63) is 48.0 Å². The van der Waals surface area contributed by atoms with Crippen LogP contribution in [-0.4, -0.2) is 17.3 Å². The van der Waals surface area contributed by atoms with E-state index in [0.717, 1.165) is 5.56 Å². The summed E-state index contributed by atoms with van der Waals surface area (Å²) in [6, 6.07) is 14.4. The summed E-state index contributed by atoms with van der Waals surface area (Å²) >= 11 is 3.57. The van der Waals surface area contributed by atoms with E-state index < -0.39 is 0 Å². The fraction of sp³-hybridized carbons (Fsp3) is 0.353. The molecule has 2 aromatic rings. The van der Waals surface area contributed by atoms with Gasteiger partial charge < -0.3 is 5.32 Å². The molecule has 20 heavy (non-hydrogen) atoms. The van der Waals surface area contributed by atoms with Crippen LogP contribution in [-0.2, 0) is 11.2 Å². The summed E-state index contributed by atoms with van der Waals surface area (Å²) in [6.07, 6.45) is 0.433. The first-order valence-corrected chi connectivity index (χ1v) is 7.86. The molecular formula is C17H20BrNO.